The Labute approximate surface area is 190 Å². The lowest BCUT2D eigenvalue weighted by atomic mass is 10.2. The number of thiazole rings is 1. The molecular weight excluding hydrogens is 418 g/mol. The molecule has 5 nitrogen and oxygen atoms in total. The van der Waals surface area contributed by atoms with E-state index in [2.05, 4.69) is 27.2 Å². The van der Waals surface area contributed by atoms with Gasteiger partial charge < -0.3 is 10.1 Å². The van der Waals surface area contributed by atoms with Crippen LogP contribution in [0, 0.1) is 0 Å². The first-order valence-corrected chi connectivity index (χ1v) is 11.3. The van der Waals surface area contributed by atoms with Crippen molar-refractivity contribution in [1.29, 1.82) is 0 Å². The number of aromatic nitrogens is 2. The number of rotatable bonds is 7. The molecule has 0 saturated carbocycles. The Kier molecular flexibility index (Phi) is 5.68. The Balaban J connectivity index is 1.19. The second-order valence-corrected chi connectivity index (χ2v) is 8.20. The number of anilines is 1. The molecule has 5 aromatic rings. The molecule has 1 N–H and O–H groups in total. The predicted octanol–water partition coefficient (Wildman–Crippen LogP) is 6.43. The largest absolute Gasteiger partial charge is 0.457 e. The molecule has 0 radical (unpaired) electrons. The van der Waals surface area contributed by atoms with Gasteiger partial charge in [0.15, 0.2) is 4.96 Å². The molecule has 0 spiro atoms. The Hall–Kier alpha value is -3.90. The normalized spacial score (nSPS) is 10.9. The molecule has 0 aliphatic heterocycles. The number of hydrogen-bond acceptors (Lipinski definition) is 4. The minimum atomic E-state index is -0.0236. The van der Waals surface area contributed by atoms with Gasteiger partial charge >= 0.3 is 0 Å². The Morgan fingerprint density at radius 1 is 0.906 bits per heavy atom. The fourth-order valence-corrected chi connectivity index (χ4v) is 4.36. The van der Waals surface area contributed by atoms with Crippen LogP contribution in [0.3, 0.4) is 0 Å². The number of aryl methyl sites for hydroxylation is 1. The number of imidazole rings is 1. The molecule has 0 unspecified atom stereocenters. The predicted molar refractivity (Wildman–Crippen MR) is 128 cm³/mol. The van der Waals surface area contributed by atoms with Crippen LogP contribution >= 0.6 is 11.3 Å². The summed E-state index contributed by atoms with van der Waals surface area (Å²) in [6.07, 6.45) is 3.08. The van der Waals surface area contributed by atoms with E-state index in [1.807, 2.05) is 79.0 Å². The van der Waals surface area contributed by atoms with Gasteiger partial charge in [0.25, 0.3) is 0 Å². The Morgan fingerprint density at radius 2 is 1.59 bits per heavy atom. The van der Waals surface area contributed by atoms with E-state index in [1.165, 1.54) is 0 Å². The molecule has 6 heteroatoms. The summed E-state index contributed by atoms with van der Waals surface area (Å²) in [6.45, 7) is 0. The van der Waals surface area contributed by atoms with Gasteiger partial charge in [0.1, 0.15) is 11.5 Å². The van der Waals surface area contributed by atoms with Crippen LogP contribution < -0.4 is 10.1 Å². The molecule has 2 heterocycles. The molecule has 0 aliphatic carbocycles. The minimum Gasteiger partial charge on any atom is -0.457 e. The lowest BCUT2D eigenvalue weighted by Gasteiger charge is -2.08. The van der Waals surface area contributed by atoms with E-state index < -0.39 is 0 Å². The van der Waals surface area contributed by atoms with Crippen LogP contribution in [0.15, 0.2) is 96.5 Å². The minimum absolute atomic E-state index is 0.0236. The van der Waals surface area contributed by atoms with Gasteiger partial charge in [-0.3, -0.25) is 9.20 Å². The summed E-state index contributed by atoms with van der Waals surface area (Å²) in [5.74, 6) is 1.48. The lowest BCUT2D eigenvalue weighted by Crippen LogP contribution is -2.12. The first-order chi connectivity index (χ1) is 15.7. The van der Waals surface area contributed by atoms with E-state index in [-0.39, 0.29) is 5.91 Å². The van der Waals surface area contributed by atoms with Gasteiger partial charge in [-0.15, -0.1) is 11.3 Å². The van der Waals surface area contributed by atoms with E-state index in [0.717, 1.165) is 39.1 Å². The SMILES string of the molecule is O=C(CCc1csc2nc(-c3ccccc3)cn12)Nc1ccc(Oc2ccccc2)cc1. The van der Waals surface area contributed by atoms with Crippen molar-refractivity contribution >= 4 is 27.9 Å². The van der Waals surface area contributed by atoms with Crippen LogP contribution in [0.4, 0.5) is 5.69 Å². The highest BCUT2D eigenvalue weighted by molar-refractivity contribution is 7.15. The van der Waals surface area contributed by atoms with E-state index in [0.29, 0.717) is 12.8 Å². The van der Waals surface area contributed by atoms with E-state index >= 15 is 0 Å². The maximum atomic E-state index is 12.5. The van der Waals surface area contributed by atoms with Gasteiger partial charge in [-0.25, -0.2) is 4.98 Å². The molecular formula is C26H21N3O2S. The number of amides is 1. The fraction of sp³-hybridized carbons (Fsp3) is 0.0769. The Morgan fingerprint density at radius 3 is 2.34 bits per heavy atom. The highest BCUT2D eigenvalue weighted by atomic mass is 32.1. The summed E-state index contributed by atoms with van der Waals surface area (Å²) < 4.78 is 7.87. The van der Waals surface area contributed by atoms with Gasteiger partial charge in [-0.05, 0) is 42.8 Å². The number of carbonyl (C=O) groups excluding carboxylic acids is 1. The van der Waals surface area contributed by atoms with Crippen LogP contribution in [-0.4, -0.2) is 15.3 Å². The molecule has 3 aromatic carbocycles. The monoisotopic (exact) mass is 439 g/mol. The third kappa shape index (κ3) is 4.55. The third-order valence-corrected chi connectivity index (χ3v) is 5.97. The maximum absolute atomic E-state index is 12.5. The lowest BCUT2D eigenvalue weighted by molar-refractivity contribution is -0.116. The second kappa shape index (κ2) is 9.08. The zero-order chi connectivity index (χ0) is 21.8. The van der Waals surface area contributed by atoms with Crippen LogP contribution in [0.1, 0.15) is 12.1 Å². The third-order valence-electron chi connectivity index (χ3n) is 5.08. The van der Waals surface area contributed by atoms with Crippen molar-refractivity contribution < 1.29 is 9.53 Å². The molecule has 32 heavy (non-hydrogen) atoms. The summed E-state index contributed by atoms with van der Waals surface area (Å²) in [7, 11) is 0. The first kappa shape index (κ1) is 20.0. The van der Waals surface area contributed by atoms with Crippen molar-refractivity contribution in [3.8, 4) is 22.8 Å². The standard InChI is InChI=1S/C26H21N3O2S/c30-25(27-20-11-14-23(15-12-20)31-22-9-5-2-6-10-22)16-13-21-18-32-26-28-24(17-29(21)26)19-7-3-1-4-8-19/h1-12,14-15,17-18H,13,16H2,(H,27,30). The van der Waals surface area contributed by atoms with Crippen molar-refractivity contribution in [3.05, 3.63) is 102 Å². The van der Waals surface area contributed by atoms with Crippen molar-refractivity contribution in [1.82, 2.24) is 9.38 Å². The number of nitrogens with one attached hydrogen (secondary N) is 1. The molecule has 1 amide bonds. The first-order valence-electron chi connectivity index (χ1n) is 10.4. The number of carbonyl (C=O) groups is 1. The van der Waals surface area contributed by atoms with Crippen LogP contribution in [0.2, 0.25) is 0 Å². The van der Waals surface area contributed by atoms with Crippen molar-refractivity contribution in [2.75, 3.05) is 5.32 Å². The van der Waals surface area contributed by atoms with Crippen LogP contribution in [-0.2, 0) is 11.2 Å². The van der Waals surface area contributed by atoms with Crippen LogP contribution in [0.5, 0.6) is 11.5 Å². The van der Waals surface area contributed by atoms with E-state index in [4.69, 9.17) is 9.72 Å². The quantitative estimate of drug-likeness (QED) is 0.318. The van der Waals surface area contributed by atoms with Crippen LogP contribution in [0.25, 0.3) is 16.2 Å². The number of fused-ring (bicyclic) bond motifs is 1. The number of hydrogen-bond donors (Lipinski definition) is 1. The molecule has 0 aliphatic rings. The van der Waals surface area contributed by atoms with Crippen molar-refractivity contribution in [2.24, 2.45) is 0 Å². The number of nitrogens with zero attached hydrogens (tertiary/aromatic N) is 2. The molecule has 0 bridgehead atoms. The van der Waals surface area contributed by atoms with Gasteiger partial charge in [-0.1, -0.05) is 48.5 Å². The summed E-state index contributed by atoms with van der Waals surface area (Å²) >= 11 is 1.59. The number of benzene rings is 3. The van der Waals surface area contributed by atoms with Crippen molar-refractivity contribution in [3.63, 3.8) is 0 Å². The molecule has 2 aromatic heterocycles. The van der Waals surface area contributed by atoms with Gasteiger partial charge in [0.05, 0.1) is 5.69 Å². The summed E-state index contributed by atoms with van der Waals surface area (Å²) in [5, 5.41) is 5.03. The zero-order valence-corrected chi connectivity index (χ0v) is 18.1. The topological polar surface area (TPSA) is 55.6 Å². The zero-order valence-electron chi connectivity index (χ0n) is 17.3. The highest BCUT2D eigenvalue weighted by Crippen LogP contribution is 2.25. The number of ether oxygens (including phenoxy) is 1. The average Bonchev–Trinajstić information content (AvgIpc) is 3.42. The van der Waals surface area contributed by atoms with Gasteiger partial charge in [0, 0.05) is 34.9 Å². The molecule has 5 rings (SSSR count). The second-order valence-electron chi connectivity index (χ2n) is 7.36. The summed E-state index contributed by atoms with van der Waals surface area (Å²) in [5.41, 5.74) is 3.87. The highest BCUT2D eigenvalue weighted by Gasteiger charge is 2.11. The van der Waals surface area contributed by atoms with E-state index in [9.17, 15) is 4.79 Å². The summed E-state index contributed by atoms with van der Waals surface area (Å²) in [4.78, 5) is 18.1. The molecule has 0 atom stereocenters. The van der Waals surface area contributed by atoms with Gasteiger partial charge in [0.2, 0.25) is 5.91 Å². The summed E-state index contributed by atoms with van der Waals surface area (Å²) in [6, 6.07) is 27.1. The van der Waals surface area contributed by atoms with Crippen molar-refractivity contribution in [2.45, 2.75) is 12.8 Å². The fourth-order valence-electron chi connectivity index (χ4n) is 3.45. The maximum Gasteiger partial charge on any atom is 0.224 e. The average molecular weight is 440 g/mol. The molecule has 158 valence electrons. The number of para-hydroxylation sites is 1. The molecule has 0 fully saturated rings. The smallest absolute Gasteiger partial charge is 0.224 e. The Bertz CT molecular complexity index is 1330. The van der Waals surface area contributed by atoms with Gasteiger partial charge in [-0.2, -0.15) is 0 Å². The van der Waals surface area contributed by atoms with E-state index in [1.54, 1.807) is 11.3 Å². The molecule has 0 saturated heterocycles.